The quantitative estimate of drug-likeness (QED) is 0.337. The first-order chi connectivity index (χ1) is 9.08. The summed E-state index contributed by atoms with van der Waals surface area (Å²) < 4.78 is 26.8. The summed E-state index contributed by atoms with van der Waals surface area (Å²) in [5.74, 6) is 1.15. The maximum atomic E-state index is 13.5. The molecule has 2 N–H and O–H groups in total. The smallest absolute Gasteiger partial charge is 0.191 e. The molecule has 1 saturated heterocycles. The third-order valence-electron chi connectivity index (χ3n) is 2.84. The molecule has 0 radical (unpaired) electrons. The fraction of sp³-hybridized carbons (Fsp3) is 0.417. The number of guanidine groups is 1. The molecule has 0 saturated carbocycles. The van der Waals surface area contributed by atoms with Crippen molar-refractivity contribution in [2.75, 3.05) is 24.6 Å². The predicted molar refractivity (Wildman–Crippen MR) is 91.0 cm³/mol. The van der Waals surface area contributed by atoms with Crippen LogP contribution in [0, 0.1) is 11.6 Å². The molecular weight excluding hydrogens is 419 g/mol. The molecule has 1 aromatic rings. The van der Waals surface area contributed by atoms with Crippen molar-refractivity contribution in [3.8, 4) is 0 Å². The highest BCUT2D eigenvalue weighted by atomic mass is 127. The summed E-state index contributed by atoms with van der Waals surface area (Å²) in [6, 6.07) is 2.01. The Morgan fingerprint density at radius 3 is 2.60 bits per heavy atom. The van der Waals surface area contributed by atoms with Gasteiger partial charge in [-0.15, -0.1) is 24.0 Å². The zero-order chi connectivity index (χ0) is 13.8. The maximum Gasteiger partial charge on any atom is 0.191 e. The van der Waals surface area contributed by atoms with E-state index in [0.717, 1.165) is 36.7 Å². The van der Waals surface area contributed by atoms with E-state index in [-0.39, 0.29) is 41.1 Å². The molecule has 0 atom stereocenters. The normalized spacial score (nSPS) is 15.9. The number of benzene rings is 1. The Kier molecular flexibility index (Phi) is 7.32. The topological polar surface area (TPSA) is 41.6 Å². The van der Waals surface area contributed by atoms with Crippen molar-refractivity contribution in [1.82, 2.24) is 4.90 Å². The third kappa shape index (κ3) is 4.63. The van der Waals surface area contributed by atoms with Crippen LogP contribution in [0.5, 0.6) is 0 Å². The summed E-state index contributed by atoms with van der Waals surface area (Å²) in [4.78, 5) is 6.06. The molecule has 8 heteroatoms. The van der Waals surface area contributed by atoms with Gasteiger partial charge in [-0.3, -0.25) is 0 Å². The lowest BCUT2D eigenvalue weighted by Gasteiger charge is -2.27. The van der Waals surface area contributed by atoms with E-state index in [2.05, 4.69) is 4.99 Å². The molecule has 0 spiro atoms. The van der Waals surface area contributed by atoms with Gasteiger partial charge in [0.1, 0.15) is 11.6 Å². The molecule has 0 amide bonds. The average Bonchev–Trinajstić information content (AvgIpc) is 2.42. The Morgan fingerprint density at radius 2 is 1.95 bits per heavy atom. The first-order valence-corrected chi connectivity index (χ1v) is 7.37. The number of aliphatic imine (C=N–C) groups is 1. The van der Waals surface area contributed by atoms with Crippen LogP contribution in [0.15, 0.2) is 17.1 Å². The number of nitrogens with zero attached hydrogens (tertiary/aromatic N) is 2. The lowest BCUT2D eigenvalue weighted by molar-refractivity contribution is 0.455. The van der Waals surface area contributed by atoms with Gasteiger partial charge in [0, 0.05) is 30.2 Å². The number of nitrogens with two attached hydrogens (primary N) is 1. The van der Waals surface area contributed by atoms with Crippen LogP contribution < -0.4 is 5.73 Å². The molecule has 0 aliphatic carbocycles. The van der Waals surface area contributed by atoms with Crippen LogP contribution in [0.3, 0.4) is 0 Å². The van der Waals surface area contributed by atoms with Crippen LogP contribution in [0.25, 0.3) is 0 Å². The highest BCUT2D eigenvalue weighted by Gasteiger charge is 2.13. The minimum Gasteiger partial charge on any atom is -0.370 e. The van der Waals surface area contributed by atoms with Gasteiger partial charge in [-0.25, -0.2) is 13.8 Å². The van der Waals surface area contributed by atoms with Gasteiger partial charge in [0.25, 0.3) is 0 Å². The van der Waals surface area contributed by atoms with Gasteiger partial charge in [-0.05, 0) is 12.1 Å². The fourth-order valence-corrected chi connectivity index (χ4v) is 2.80. The second-order valence-electron chi connectivity index (χ2n) is 4.13. The summed E-state index contributed by atoms with van der Waals surface area (Å²) in [6.07, 6.45) is 0. The van der Waals surface area contributed by atoms with Gasteiger partial charge in [0.2, 0.25) is 0 Å². The van der Waals surface area contributed by atoms with Gasteiger partial charge in [-0.1, -0.05) is 11.6 Å². The molecule has 112 valence electrons. The molecule has 0 bridgehead atoms. The van der Waals surface area contributed by atoms with Gasteiger partial charge in [0.05, 0.1) is 11.6 Å². The van der Waals surface area contributed by atoms with Crippen molar-refractivity contribution in [1.29, 1.82) is 0 Å². The lowest BCUT2D eigenvalue weighted by Crippen LogP contribution is -2.42. The predicted octanol–water partition coefficient (Wildman–Crippen LogP) is 3.10. The van der Waals surface area contributed by atoms with Gasteiger partial charge >= 0.3 is 0 Å². The first-order valence-electron chi connectivity index (χ1n) is 5.84. The van der Waals surface area contributed by atoms with Crippen molar-refractivity contribution >= 4 is 53.3 Å². The lowest BCUT2D eigenvalue weighted by atomic mass is 10.2. The van der Waals surface area contributed by atoms with E-state index >= 15 is 0 Å². The van der Waals surface area contributed by atoms with E-state index in [1.807, 2.05) is 16.7 Å². The molecule has 1 aliphatic heterocycles. The van der Waals surface area contributed by atoms with E-state index in [1.165, 1.54) is 0 Å². The Morgan fingerprint density at radius 1 is 1.30 bits per heavy atom. The molecule has 2 rings (SSSR count). The van der Waals surface area contributed by atoms with E-state index in [0.29, 0.717) is 5.96 Å². The molecule has 3 nitrogen and oxygen atoms in total. The van der Waals surface area contributed by atoms with Gasteiger partial charge in [0.15, 0.2) is 5.96 Å². The van der Waals surface area contributed by atoms with Crippen LogP contribution >= 0.6 is 47.3 Å². The van der Waals surface area contributed by atoms with Gasteiger partial charge in [-0.2, -0.15) is 11.8 Å². The van der Waals surface area contributed by atoms with Crippen molar-refractivity contribution in [2.24, 2.45) is 10.7 Å². The Hall–Kier alpha value is -0.280. The van der Waals surface area contributed by atoms with Crippen molar-refractivity contribution < 1.29 is 8.78 Å². The molecular formula is C12H15ClF2IN3S. The Bertz CT molecular complexity index is 496. The third-order valence-corrected chi connectivity index (χ3v) is 4.07. The molecule has 1 aromatic carbocycles. The SMILES string of the molecule is I.NC(=NCc1cc(F)c(Cl)cc1F)N1CCSCC1. The number of hydrogen-bond acceptors (Lipinski definition) is 2. The second kappa shape index (κ2) is 8.23. The standard InChI is InChI=1S/C12H14ClF2N3S.HI/c13-9-6-10(14)8(5-11(9)15)7-17-12(16)18-1-3-19-4-2-18;/h5-6H,1-4,7H2,(H2,16,17);1H. The van der Waals surface area contributed by atoms with Crippen LogP contribution in [-0.2, 0) is 6.54 Å². The number of rotatable bonds is 2. The van der Waals surface area contributed by atoms with Crippen molar-refractivity contribution in [3.63, 3.8) is 0 Å². The van der Waals surface area contributed by atoms with Crippen molar-refractivity contribution in [3.05, 3.63) is 34.4 Å². The number of thioether (sulfide) groups is 1. The van der Waals surface area contributed by atoms with E-state index in [4.69, 9.17) is 17.3 Å². The monoisotopic (exact) mass is 433 g/mol. The summed E-state index contributed by atoms with van der Waals surface area (Å²) >= 11 is 7.34. The van der Waals surface area contributed by atoms with E-state index < -0.39 is 11.6 Å². The highest BCUT2D eigenvalue weighted by Crippen LogP contribution is 2.20. The molecule has 0 unspecified atom stereocenters. The van der Waals surface area contributed by atoms with Crippen LogP contribution in [0.2, 0.25) is 5.02 Å². The zero-order valence-electron chi connectivity index (χ0n) is 10.6. The Labute approximate surface area is 143 Å². The van der Waals surface area contributed by atoms with Gasteiger partial charge < -0.3 is 10.6 Å². The molecule has 1 heterocycles. The fourth-order valence-electron chi connectivity index (χ4n) is 1.74. The second-order valence-corrected chi connectivity index (χ2v) is 5.76. The maximum absolute atomic E-state index is 13.5. The number of hydrogen-bond donors (Lipinski definition) is 1. The first kappa shape index (κ1) is 17.8. The van der Waals surface area contributed by atoms with Crippen LogP contribution in [-0.4, -0.2) is 35.5 Å². The van der Waals surface area contributed by atoms with E-state index in [9.17, 15) is 8.78 Å². The zero-order valence-corrected chi connectivity index (χ0v) is 14.5. The minimum atomic E-state index is -0.652. The largest absolute Gasteiger partial charge is 0.370 e. The summed E-state index contributed by atoms with van der Waals surface area (Å²) in [7, 11) is 0. The van der Waals surface area contributed by atoms with Crippen LogP contribution in [0.4, 0.5) is 8.78 Å². The van der Waals surface area contributed by atoms with E-state index in [1.54, 1.807) is 0 Å². The summed E-state index contributed by atoms with van der Waals surface area (Å²) in [5.41, 5.74) is 5.99. The number of halogens is 4. The summed E-state index contributed by atoms with van der Waals surface area (Å²) in [6.45, 7) is 1.67. The average molecular weight is 434 g/mol. The molecule has 1 fully saturated rings. The minimum absolute atomic E-state index is 0. The summed E-state index contributed by atoms with van der Waals surface area (Å²) in [5, 5.41) is -0.230. The van der Waals surface area contributed by atoms with Crippen molar-refractivity contribution in [2.45, 2.75) is 6.54 Å². The van der Waals surface area contributed by atoms with Crippen LogP contribution in [0.1, 0.15) is 5.56 Å². The molecule has 20 heavy (non-hydrogen) atoms. The molecule has 0 aromatic heterocycles. The highest BCUT2D eigenvalue weighted by molar-refractivity contribution is 14.0. The molecule has 1 aliphatic rings. The Balaban J connectivity index is 0.00000200.